The Bertz CT molecular complexity index is 336. The van der Waals surface area contributed by atoms with E-state index in [0.29, 0.717) is 0 Å². The Morgan fingerprint density at radius 2 is 2.47 bits per heavy atom. The molecule has 4 heteroatoms. The van der Waals surface area contributed by atoms with Crippen LogP contribution in [0.4, 0.5) is 0 Å². The quantitative estimate of drug-likeness (QED) is 0.775. The molecule has 82 valence electrons. The van der Waals surface area contributed by atoms with Gasteiger partial charge in [0.25, 0.3) is 0 Å². The van der Waals surface area contributed by atoms with Gasteiger partial charge in [0.05, 0.1) is 17.1 Å². The molecule has 1 aromatic rings. The molecule has 2 unspecified atom stereocenters. The summed E-state index contributed by atoms with van der Waals surface area (Å²) in [7, 11) is 0. The van der Waals surface area contributed by atoms with Crippen LogP contribution in [0.3, 0.4) is 0 Å². The second-order valence-corrected chi connectivity index (χ2v) is 4.94. The van der Waals surface area contributed by atoms with Gasteiger partial charge in [-0.1, -0.05) is 15.9 Å². The molecule has 0 radical (unpaired) electrons. The molecular weight excluding hydrogens is 258 g/mol. The first kappa shape index (κ1) is 10.7. The van der Waals surface area contributed by atoms with Crippen molar-refractivity contribution in [2.24, 2.45) is 0 Å². The summed E-state index contributed by atoms with van der Waals surface area (Å²) in [5, 5.41) is 0. The maximum absolute atomic E-state index is 11.9. The van der Waals surface area contributed by atoms with Crippen molar-refractivity contribution < 1.29 is 9.21 Å². The number of nitrogens with zero attached hydrogens (tertiary/aromatic N) is 1. The summed E-state index contributed by atoms with van der Waals surface area (Å²) in [4.78, 5) is 13.8. The number of rotatable bonds is 2. The predicted octanol–water partition coefficient (Wildman–Crippen LogP) is 2.73. The highest BCUT2D eigenvalue weighted by Gasteiger charge is 2.31. The van der Waals surface area contributed by atoms with Crippen LogP contribution in [0.2, 0.25) is 0 Å². The molecule has 0 aliphatic carbocycles. The molecule has 0 aromatic carbocycles. The fraction of sp³-hybridized carbons (Fsp3) is 0.545. The number of halogens is 1. The van der Waals surface area contributed by atoms with E-state index in [-0.39, 0.29) is 16.8 Å². The van der Waals surface area contributed by atoms with Crippen LogP contribution < -0.4 is 0 Å². The number of piperidine rings is 1. The third kappa shape index (κ3) is 2.09. The monoisotopic (exact) mass is 271 g/mol. The zero-order chi connectivity index (χ0) is 10.8. The van der Waals surface area contributed by atoms with Gasteiger partial charge in [0.1, 0.15) is 5.76 Å². The van der Waals surface area contributed by atoms with Crippen molar-refractivity contribution in [1.82, 2.24) is 4.90 Å². The van der Waals surface area contributed by atoms with Gasteiger partial charge in [-0.05, 0) is 31.9 Å². The smallest absolute Gasteiger partial charge is 0.236 e. The van der Waals surface area contributed by atoms with E-state index in [4.69, 9.17) is 4.42 Å². The molecule has 2 heterocycles. The Hall–Kier alpha value is -0.770. The number of carbonyl (C=O) groups is 1. The molecule has 0 bridgehead atoms. The maximum atomic E-state index is 11.9. The van der Waals surface area contributed by atoms with E-state index >= 15 is 0 Å². The lowest BCUT2D eigenvalue weighted by Crippen LogP contribution is -2.42. The van der Waals surface area contributed by atoms with Gasteiger partial charge in [0, 0.05) is 6.54 Å². The molecule has 1 aliphatic heterocycles. The van der Waals surface area contributed by atoms with E-state index in [1.54, 1.807) is 6.26 Å². The standard InChI is InChI=1S/C11H14BrNO2/c1-8(10-5-3-7-15-10)13-6-2-4-9(12)11(13)14/h3,5,7-9H,2,4,6H2,1H3. The zero-order valence-corrected chi connectivity index (χ0v) is 10.2. The van der Waals surface area contributed by atoms with Gasteiger partial charge in [-0.15, -0.1) is 0 Å². The Morgan fingerprint density at radius 3 is 3.13 bits per heavy atom. The highest BCUT2D eigenvalue weighted by Crippen LogP contribution is 2.27. The summed E-state index contributed by atoms with van der Waals surface area (Å²) in [6.07, 6.45) is 3.62. The van der Waals surface area contributed by atoms with E-state index in [2.05, 4.69) is 15.9 Å². The molecule has 1 amide bonds. The van der Waals surface area contributed by atoms with E-state index < -0.39 is 0 Å². The summed E-state index contributed by atoms with van der Waals surface area (Å²) < 4.78 is 5.32. The lowest BCUT2D eigenvalue weighted by Gasteiger charge is -2.33. The van der Waals surface area contributed by atoms with Crippen molar-refractivity contribution in [1.29, 1.82) is 0 Å². The first-order valence-corrected chi connectivity index (χ1v) is 6.09. The first-order valence-electron chi connectivity index (χ1n) is 5.18. The molecule has 2 atom stereocenters. The van der Waals surface area contributed by atoms with Gasteiger partial charge in [-0.3, -0.25) is 4.79 Å². The van der Waals surface area contributed by atoms with Crippen LogP contribution in [0, 0.1) is 0 Å². The van der Waals surface area contributed by atoms with Gasteiger partial charge in [0.2, 0.25) is 5.91 Å². The van der Waals surface area contributed by atoms with Gasteiger partial charge < -0.3 is 9.32 Å². The molecule has 2 rings (SSSR count). The van der Waals surface area contributed by atoms with E-state index in [1.807, 2.05) is 24.0 Å². The third-order valence-electron chi connectivity index (χ3n) is 2.83. The van der Waals surface area contributed by atoms with Gasteiger partial charge in [-0.25, -0.2) is 0 Å². The highest BCUT2D eigenvalue weighted by atomic mass is 79.9. The zero-order valence-electron chi connectivity index (χ0n) is 8.65. The topological polar surface area (TPSA) is 33.5 Å². The van der Waals surface area contributed by atoms with E-state index in [0.717, 1.165) is 25.1 Å². The fourth-order valence-corrected chi connectivity index (χ4v) is 2.51. The van der Waals surface area contributed by atoms with Crippen molar-refractivity contribution in [2.45, 2.75) is 30.6 Å². The van der Waals surface area contributed by atoms with Crippen LogP contribution in [-0.4, -0.2) is 22.2 Å². The number of hydrogen-bond acceptors (Lipinski definition) is 2. The Balaban J connectivity index is 2.13. The predicted molar refractivity (Wildman–Crippen MR) is 60.8 cm³/mol. The summed E-state index contributed by atoms with van der Waals surface area (Å²) >= 11 is 3.40. The average Bonchev–Trinajstić information content (AvgIpc) is 2.74. The number of amides is 1. The number of furan rings is 1. The fourth-order valence-electron chi connectivity index (χ4n) is 1.92. The van der Waals surface area contributed by atoms with Gasteiger partial charge >= 0.3 is 0 Å². The third-order valence-corrected chi connectivity index (χ3v) is 3.68. The van der Waals surface area contributed by atoms with Crippen LogP contribution >= 0.6 is 15.9 Å². The Morgan fingerprint density at radius 1 is 1.67 bits per heavy atom. The second-order valence-electron chi connectivity index (χ2n) is 3.83. The van der Waals surface area contributed by atoms with E-state index in [1.165, 1.54) is 0 Å². The minimum Gasteiger partial charge on any atom is -0.467 e. The summed E-state index contributed by atoms with van der Waals surface area (Å²) in [5.41, 5.74) is 0. The van der Waals surface area contributed by atoms with Gasteiger partial charge in [0.15, 0.2) is 0 Å². The molecule has 0 spiro atoms. The summed E-state index contributed by atoms with van der Waals surface area (Å²) in [6.45, 7) is 2.82. The SMILES string of the molecule is CC(c1ccco1)N1CCCC(Br)C1=O. The minimum absolute atomic E-state index is 0.0244. The number of alkyl halides is 1. The number of likely N-dealkylation sites (tertiary alicyclic amines) is 1. The Labute approximate surface area is 97.6 Å². The van der Waals surface area contributed by atoms with Crippen molar-refractivity contribution >= 4 is 21.8 Å². The lowest BCUT2D eigenvalue weighted by molar-refractivity contribution is -0.135. The number of carbonyl (C=O) groups excluding carboxylic acids is 1. The average molecular weight is 272 g/mol. The van der Waals surface area contributed by atoms with Crippen molar-refractivity contribution in [3.63, 3.8) is 0 Å². The van der Waals surface area contributed by atoms with Gasteiger partial charge in [-0.2, -0.15) is 0 Å². The van der Waals surface area contributed by atoms with Crippen molar-refractivity contribution in [3.05, 3.63) is 24.2 Å². The molecule has 1 fully saturated rings. The summed E-state index contributed by atoms with van der Waals surface area (Å²) in [5.74, 6) is 1.02. The van der Waals surface area contributed by atoms with Crippen LogP contribution in [0.1, 0.15) is 31.6 Å². The molecule has 0 saturated carbocycles. The number of hydrogen-bond donors (Lipinski definition) is 0. The molecule has 3 nitrogen and oxygen atoms in total. The van der Waals surface area contributed by atoms with Crippen LogP contribution in [0.5, 0.6) is 0 Å². The normalized spacial score (nSPS) is 24.3. The van der Waals surface area contributed by atoms with Crippen LogP contribution in [0.25, 0.3) is 0 Å². The van der Waals surface area contributed by atoms with Crippen molar-refractivity contribution in [3.8, 4) is 0 Å². The molecular formula is C11H14BrNO2. The maximum Gasteiger partial charge on any atom is 0.236 e. The molecule has 15 heavy (non-hydrogen) atoms. The van der Waals surface area contributed by atoms with Crippen LogP contribution in [-0.2, 0) is 4.79 Å². The first-order chi connectivity index (χ1) is 7.20. The second kappa shape index (κ2) is 4.39. The highest BCUT2D eigenvalue weighted by molar-refractivity contribution is 9.10. The lowest BCUT2D eigenvalue weighted by atomic mass is 10.1. The Kier molecular flexibility index (Phi) is 3.14. The minimum atomic E-state index is -0.0244. The summed E-state index contributed by atoms with van der Waals surface area (Å²) in [6, 6.07) is 3.80. The van der Waals surface area contributed by atoms with Crippen LogP contribution in [0.15, 0.2) is 22.8 Å². The molecule has 1 saturated heterocycles. The van der Waals surface area contributed by atoms with Crippen molar-refractivity contribution in [2.75, 3.05) is 6.54 Å². The molecule has 0 N–H and O–H groups in total. The molecule has 1 aromatic heterocycles. The molecule has 1 aliphatic rings. The van der Waals surface area contributed by atoms with E-state index in [9.17, 15) is 4.79 Å². The largest absolute Gasteiger partial charge is 0.467 e.